The van der Waals surface area contributed by atoms with Crippen molar-refractivity contribution < 1.29 is 4.79 Å². The van der Waals surface area contributed by atoms with Gasteiger partial charge in [0.2, 0.25) is 5.91 Å². The predicted molar refractivity (Wildman–Crippen MR) is 91.7 cm³/mol. The topological polar surface area (TPSA) is 41.1 Å². The summed E-state index contributed by atoms with van der Waals surface area (Å²) in [6.45, 7) is 8.29. The van der Waals surface area contributed by atoms with Gasteiger partial charge in [0.25, 0.3) is 0 Å². The van der Waals surface area contributed by atoms with E-state index in [9.17, 15) is 4.79 Å². The Labute approximate surface area is 133 Å². The van der Waals surface area contributed by atoms with Crippen LogP contribution in [-0.2, 0) is 4.79 Å². The maximum Gasteiger partial charge on any atom is 0.233 e. The molecule has 0 aromatic heterocycles. The van der Waals surface area contributed by atoms with Crippen LogP contribution in [0.3, 0.4) is 0 Å². The Kier molecular flexibility index (Phi) is 7.83. The second-order valence-corrected chi connectivity index (χ2v) is 6.96. The molecule has 1 aromatic rings. The zero-order valence-electron chi connectivity index (χ0n) is 13.8. The first-order valence-electron chi connectivity index (χ1n) is 7.72. The second-order valence-electron chi connectivity index (χ2n) is 5.54. The van der Waals surface area contributed by atoms with E-state index in [0.29, 0.717) is 6.04 Å². The highest BCUT2D eigenvalue weighted by atomic mass is 32.2. The normalized spacial score (nSPS) is 15.3. The van der Waals surface area contributed by atoms with Crippen LogP contribution in [-0.4, -0.2) is 24.2 Å². The Morgan fingerprint density at radius 3 is 2.62 bits per heavy atom. The number of amides is 1. The van der Waals surface area contributed by atoms with Crippen LogP contribution < -0.4 is 10.6 Å². The van der Waals surface area contributed by atoms with Gasteiger partial charge in [-0.15, -0.1) is 11.8 Å². The molecule has 0 saturated heterocycles. The largest absolute Gasteiger partial charge is 0.353 e. The van der Waals surface area contributed by atoms with E-state index < -0.39 is 0 Å². The molecule has 3 atom stereocenters. The predicted octanol–water partition coefficient (Wildman–Crippen LogP) is 3.75. The SMILES string of the molecule is CCCC(C)NC(=O)C(C)Sc1cccc(C(C)NC)c1. The molecule has 0 spiro atoms. The maximum absolute atomic E-state index is 12.2. The Morgan fingerprint density at radius 2 is 2.00 bits per heavy atom. The van der Waals surface area contributed by atoms with Crippen LogP contribution in [0.5, 0.6) is 0 Å². The first-order chi connectivity index (χ1) is 9.97. The fourth-order valence-corrected chi connectivity index (χ4v) is 3.09. The third kappa shape index (κ3) is 6.10. The van der Waals surface area contributed by atoms with Gasteiger partial charge in [-0.3, -0.25) is 4.79 Å². The lowest BCUT2D eigenvalue weighted by atomic mass is 10.1. The summed E-state index contributed by atoms with van der Waals surface area (Å²) < 4.78 is 0. The molecule has 118 valence electrons. The Morgan fingerprint density at radius 1 is 1.29 bits per heavy atom. The number of carbonyl (C=O) groups is 1. The molecule has 1 rings (SSSR count). The van der Waals surface area contributed by atoms with Gasteiger partial charge in [-0.2, -0.15) is 0 Å². The highest BCUT2D eigenvalue weighted by molar-refractivity contribution is 8.00. The summed E-state index contributed by atoms with van der Waals surface area (Å²) >= 11 is 1.61. The zero-order valence-corrected chi connectivity index (χ0v) is 14.6. The van der Waals surface area contributed by atoms with Crippen molar-refractivity contribution in [2.24, 2.45) is 0 Å². The van der Waals surface area contributed by atoms with Crippen molar-refractivity contribution in [1.29, 1.82) is 0 Å². The summed E-state index contributed by atoms with van der Waals surface area (Å²) in [5, 5.41) is 6.23. The van der Waals surface area contributed by atoms with Crippen LogP contribution in [0.25, 0.3) is 0 Å². The number of carbonyl (C=O) groups excluding carboxylic acids is 1. The highest BCUT2D eigenvalue weighted by Gasteiger charge is 2.16. The van der Waals surface area contributed by atoms with Gasteiger partial charge in [0.05, 0.1) is 5.25 Å². The van der Waals surface area contributed by atoms with E-state index in [2.05, 4.69) is 55.7 Å². The van der Waals surface area contributed by atoms with Gasteiger partial charge in [-0.25, -0.2) is 0 Å². The van der Waals surface area contributed by atoms with Gasteiger partial charge in [0.1, 0.15) is 0 Å². The van der Waals surface area contributed by atoms with Gasteiger partial charge in [0.15, 0.2) is 0 Å². The lowest BCUT2D eigenvalue weighted by Crippen LogP contribution is -2.37. The molecule has 0 aliphatic heterocycles. The van der Waals surface area contributed by atoms with Crippen molar-refractivity contribution in [2.75, 3.05) is 7.05 Å². The van der Waals surface area contributed by atoms with Gasteiger partial charge in [0, 0.05) is 17.0 Å². The summed E-state index contributed by atoms with van der Waals surface area (Å²) in [5.74, 6) is 0.119. The maximum atomic E-state index is 12.2. The van der Waals surface area contributed by atoms with Crippen molar-refractivity contribution >= 4 is 17.7 Å². The fourth-order valence-electron chi connectivity index (χ4n) is 2.15. The molecule has 4 heteroatoms. The molecule has 21 heavy (non-hydrogen) atoms. The number of benzene rings is 1. The van der Waals surface area contributed by atoms with E-state index in [-0.39, 0.29) is 17.2 Å². The molecule has 0 bridgehead atoms. The van der Waals surface area contributed by atoms with Crippen molar-refractivity contribution in [2.45, 2.75) is 62.8 Å². The monoisotopic (exact) mass is 308 g/mol. The first kappa shape index (κ1) is 18.1. The quantitative estimate of drug-likeness (QED) is 0.719. The van der Waals surface area contributed by atoms with Crippen LogP contribution in [0.15, 0.2) is 29.2 Å². The highest BCUT2D eigenvalue weighted by Crippen LogP contribution is 2.26. The lowest BCUT2D eigenvalue weighted by molar-refractivity contribution is -0.120. The van der Waals surface area contributed by atoms with Gasteiger partial charge in [-0.05, 0) is 51.9 Å². The van der Waals surface area contributed by atoms with Gasteiger partial charge >= 0.3 is 0 Å². The minimum Gasteiger partial charge on any atom is -0.353 e. The molecule has 3 unspecified atom stereocenters. The third-order valence-electron chi connectivity index (χ3n) is 3.58. The smallest absolute Gasteiger partial charge is 0.233 e. The summed E-state index contributed by atoms with van der Waals surface area (Å²) in [5.41, 5.74) is 1.24. The Hall–Kier alpha value is -1.00. The van der Waals surface area contributed by atoms with Crippen LogP contribution >= 0.6 is 11.8 Å². The average molecular weight is 308 g/mol. The van der Waals surface area contributed by atoms with Gasteiger partial charge in [-0.1, -0.05) is 25.5 Å². The van der Waals surface area contributed by atoms with E-state index in [0.717, 1.165) is 17.7 Å². The summed E-state index contributed by atoms with van der Waals surface area (Å²) in [6, 6.07) is 8.95. The average Bonchev–Trinajstić information content (AvgIpc) is 2.46. The summed E-state index contributed by atoms with van der Waals surface area (Å²) in [6.07, 6.45) is 2.12. The molecule has 0 fully saturated rings. The molecule has 0 aliphatic rings. The molecule has 2 N–H and O–H groups in total. The van der Waals surface area contributed by atoms with Crippen LogP contribution in [0, 0.1) is 0 Å². The van der Waals surface area contributed by atoms with Crippen molar-refractivity contribution in [3.05, 3.63) is 29.8 Å². The standard InChI is InChI=1S/C17H28N2OS/c1-6-8-12(2)19-17(20)14(4)21-16-10-7-9-15(11-16)13(3)18-5/h7,9-14,18H,6,8H2,1-5H3,(H,19,20). The zero-order chi connectivity index (χ0) is 15.8. The van der Waals surface area contributed by atoms with Crippen molar-refractivity contribution in [3.63, 3.8) is 0 Å². The van der Waals surface area contributed by atoms with Crippen LogP contribution in [0.4, 0.5) is 0 Å². The Bertz CT molecular complexity index is 450. The number of hydrogen-bond donors (Lipinski definition) is 2. The number of thioether (sulfide) groups is 1. The summed E-state index contributed by atoms with van der Waals surface area (Å²) in [4.78, 5) is 13.3. The molecule has 0 heterocycles. The second kappa shape index (κ2) is 9.11. The molecule has 0 aliphatic carbocycles. The molecular formula is C17H28N2OS. The Balaban J connectivity index is 2.61. The fraction of sp³-hybridized carbons (Fsp3) is 0.588. The van der Waals surface area contributed by atoms with Crippen molar-refractivity contribution in [1.82, 2.24) is 10.6 Å². The molecule has 0 saturated carbocycles. The van der Waals surface area contributed by atoms with E-state index >= 15 is 0 Å². The molecule has 1 amide bonds. The van der Waals surface area contributed by atoms with E-state index in [1.807, 2.05) is 14.0 Å². The lowest BCUT2D eigenvalue weighted by Gasteiger charge is -2.17. The molecule has 3 nitrogen and oxygen atoms in total. The number of rotatable bonds is 8. The van der Waals surface area contributed by atoms with Crippen LogP contribution in [0.2, 0.25) is 0 Å². The van der Waals surface area contributed by atoms with Gasteiger partial charge < -0.3 is 10.6 Å². The molecule has 0 radical (unpaired) electrons. The number of nitrogens with one attached hydrogen (secondary N) is 2. The van der Waals surface area contributed by atoms with E-state index in [4.69, 9.17) is 0 Å². The summed E-state index contributed by atoms with van der Waals surface area (Å²) in [7, 11) is 1.95. The minimum absolute atomic E-state index is 0.0792. The van der Waals surface area contributed by atoms with E-state index in [1.165, 1.54) is 5.56 Å². The molecule has 1 aromatic carbocycles. The third-order valence-corrected chi connectivity index (χ3v) is 4.68. The number of hydrogen-bond acceptors (Lipinski definition) is 3. The van der Waals surface area contributed by atoms with E-state index in [1.54, 1.807) is 11.8 Å². The van der Waals surface area contributed by atoms with Crippen LogP contribution in [0.1, 0.15) is 52.1 Å². The minimum atomic E-state index is -0.0792. The molecular weight excluding hydrogens is 280 g/mol. The first-order valence-corrected chi connectivity index (χ1v) is 8.60. The van der Waals surface area contributed by atoms with Crippen molar-refractivity contribution in [3.8, 4) is 0 Å².